The van der Waals surface area contributed by atoms with Gasteiger partial charge in [0.25, 0.3) is 11.5 Å². The SMILES string of the molecule is CCn1c(=O)c(C)nc2cc(C(=O)N(C)Cc3ccc(OC(F)F)c(OC)c3)ccc21. The van der Waals surface area contributed by atoms with Gasteiger partial charge in [0.1, 0.15) is 5.69 Å². The van der Waals surface area contributed by atoms with E-state index in [1.54, 1.807) is 48.9 Å². The van der Waals surface area contributed by atoms with Crippen LogP contribution in [0.2, 0.25) is 0 Å². The highest BCUT2D eigenvalue weighted by Crippen LogP contribution is 2.30. The van der Waals surface area contributed by atoms with Gasteiger partial charge in [-0.15, -0.1) is 0 Å². The lowest BCUT2D eigenvalue weighted by molar-refractivity contribution is -0.0512. The number of carbonyl (C=O) groups excluding carboxylic acids is 1. The van der Waals surface area contributed by atoms with E-state index in [0.717, 1.165) is 0 Å². The number of hydrogen-bond acceptors (Lipinski definition) is 5. The zero-order chi connectivity index (χ0) is 22.7. The van der Waals surface area contributed by atoms with Gasteiger partial charge < -0.3 is 18.9 Å². The lowest BCUT2D eigenvalue weighted by atomic mass is 10.1. The number of ether oxygens (including phenoxy) is 2. The number of nitrogens with zero attached hydrogens (tertiary/aromatic N) is 3. The maximum atomic E-state index is 12.9. The number of halogens is 2. The van der Waals surface area contributed by atoms with Gasteiger partial charge in [-0.3, -0.25) is 9.59 Å². The Balaban J connectivity index is 1.85. The molecule has 31 heavy (non-hydrogen) atoms. The molecule has 0 bridgehead atoms. The van der Waals surface area contributed by atoms with Gasteiger partial charge in [0.15, 0.2) is 11.5 Å². The number of rotatable bonds is 7. The van der Waals surface area contributed by atoms with Crippen LogP contribution in [0, 0.1) is 6.92 Å². The molecule has 0 spiro atoms. The first-order valence-corrected chi connectivity index (χ1v) is 9.63. The molecular weight excluding hydrogens is 408 g/mol. The van der Waals surface area contributed by atoms with Gasteiger partial charge in [0.2, 0.25) is 0 Å². The summed E-state index contributed by atoms with van der Waals surface area (Å²) >= 11 is 0. The van der Waals surface area contributed by atoms with Crippen molar-refractivity contribution in [2.75, 3.05) is 14.2 Å². The molecule has 0 radical (unpaired) electrons. The second-order valence-corrected chi connectivity index (χ2v) is 6.98. The van der Waals surface area contributed by atoms with Crippen LogP contribution in [0.5, 0.6) is 11.5 Å². The van der Waals surface area contributed by atoms with Crippen molar-refractivity contribution in [3.05, 3.63) is 63.6 Å². The normalized spacial score (nSPS) is 11.1. The van der Waals surface area contributed by atoms with Crippen molar-refractivity contribution in [2.45, 2.75) is 33.5 Å². The molecule has 0 aliphatic heterocycles. The molecule has 1 aromatic heterocycles. The minimum atomic E-state index is -2.96. The van der Waals surface area contributed by atoms with E-state index in [9.17, 15) is 18.4 Å². The van der Waals surface area contributed by atoms with Crippen LogP contribution in [0.25, 0.3) is 11.0 Å². The maximum Gasteiger partial charge on any atom is 0.387 e. The predicted octanol–water partition coefficient (Wildman–Crippen LogP) is 3.61. The summed E-state index contributed by atoms with van der Waals surface area (Å²) in [6.45, 7) is 1.28. The molecular formula is C22H23F2N3O4. The lowest BCUT2D eigenvalue weighted by Crippen LogP contribution is -2.27. The quantitative estimate of drug-likeness (QED) is 0.572. The molecule has 0 aliphatic rings. The highest BCUT2D eigenvalue weighted by Gasteiger charge is 2.17. The van der Waals surface area contributed by atoms with E-state index in [-0.39, 0.29) is 29.5 Å². The summed E-state index contributed by atoms with van der Waals surface area (Å²) in [7, 11) is 2.99. The Bertz CT molecular complexity index is 1180. The molecule has 2 aromatic carbocycles. The van der Waals surface area contributed by atoms with E-state index in [4.69, 9.17) is 4.74 Å². The fraction of sp³-hybridized carbons (Fsp3) is 0.318. The summed E-state index contributed by atoms with van der Waals surface area (Å²) in [6.07, 6.45) is 0. The van der Waals surface area contributed by atoms with Crippen molar-refractivity contribution < 1.29 is 23.0 Å². The Morgan fingerprint density at radius 2 is 1.94 bits per heavy atom. The van der Waals surface area contributed by atoms with Crippen LogP contribution in [-0.2, 0) is 13.1 Å². The van der Waals surface area contributed by atoms with Gasteiger partial charge in [-0.1, -0.05) is 6.07 Å². The molecule has 9 heteroatoms. The minimum Gasteiger partial charge on any atom is -0.493 e. The topological polar surface area (TPSA) is 73.7 Å². The van der Waals surface area contributed by atoms with Crippen LogP contribution in [0.15, 0.2) is 41.2 Å². The number of methoxy groups -OCH3 is 1. The lowest BCUT2D eigenvalue weighted by Gasteiger charge is -2.19. The second-order valence-electron chi connectivity index (χ2n) is 6.98. The van der Waals surface area contributed by atoms with Crippen molar-refractivity contribution in [2.24, 2.45) is 0 Å². The summed E-state index contributed by atoms with van der Waals surface area (Å²) < 4.78 is 36.1. The summed E-state index contributed by atoms with van der Waals surface area (Å²) in [4.78, 5) is 31.0. The molecule has 1 heterocycles. The Labute approximate surface area is 177 Å². The number of aromatic nitrogens is 2. The highest BCUT2D eigenvalue weighted by molar-refractivity contribution is 5.97. The molecule has 1 amide bonds. The summed E-state index contributed by atoms with van der Waals surface area (Å²) in [6, 6.07) is 9.55. The largest absolute Gasteiger partial charge is 0.493 e. The number of benzene rings is 2. The average molecular weight is 431 g/mol. The molecule has 0 aliphatic carbocycles. The summed E-state index contributed by atoms with van der Waals surface area (Å²) in [5.41, 5.74) is 2.55. The highest BCUT2D eigenvalue weighted by atomic mass is 19.3. The summed E-state index contributed by atoms with van der Waals surface area (Å²) in [5, 5.41) is 0. The van der Waals surface area contributed by atoms with Gasteiger partial charge in [-0.05, 0) is 49.7 Å². The first-order chi connectivity index (χ1) is 14.7. The number of alkyl halides is 2. The molecule has 164 valence electrons. The third-order valence-electron chi connectivity index (χ3n) is 4.88. The van der Waals surface area contributed by atoms with Crippen molar-refractivity contribution in [1.29, 1.82) is 0 Å². The average Bonchev–Trinajstić information content (AvgIpc) is 2.74. The zero-order valence-corrected chi connectivity index (χ0v) is 17.7. The van der Waals surface area contributed by atoms with Crippen molar-refractivity contribution in [1.82, 2.24) is 14.5 Å². The van der Waals surface area contributed by atoms with E-state index >= 15 is 0 Å². The third-order valence-corrected chi connectivity index (χ3v) is 4.88. The van der Waals surface area contributed by atoms with E-state index in [0.29, 0.717) is 34.4 Å². The standard InChI is InChI=1S/C22H23F2N3O4/c1-5-27-17-8-7-15(11-16(17)25-13(2)20(27)28)21(29)26(3)12-14-6-9-18(31-22(23)24)19(10-14)30-4/h6-11,22H,5,12H2,1-4H3. The Morgan fingerprint density at radius 1 is 1.19 bits per heavy atom. The second kappa shape index (κ2) is 9.11. The monoisotopic (exact) mass is 431 g/mol. The van der Waals surface area contributed by atoms with Gasteiger partial charge in [-0.2, -0.15) is 8.78 Å². The van der Waals surface area contributed by atoms with Crippen molar-refractivity contribution in [3.8, 4) is 11.5 Å². The number of carbonyl (C=O) groups is 1. The van der Waals surface area contributed by atoms with Gasteiger partial charge in [0, 0.05) is 25.7 Å². The number of fused-ring (bicyclic) bond motifs is 1. The number of amides is 1. The fourth-order valence-electron chi connectivity index (χ4n) is 3.39. The van der Waals surface area contributed by atoms with Crippen LogP contribution in [-0.4, -0.2) is 41.1 Å². The van der Waals surface area contributed by atoms with Gasteiger partial charge >= 0.3 is 6.61 Å². The van der Waals surface area contributed by atoms with Crippen LogP contribution in [0.3, 0.4) is 0 Å². The van der Waals surface area contributed by atoms with E-state index in [2.05, 4.69) is 9.72 Å². The smallest absolute Gasteiger partial charge is 0.387 e. The molecule has 0 fully saturated rings. The molecule has 7 nitrogen and oxygen atoms in total. The molecule has 0 unspecified atom stereocenters. The third kappa shape index (κ3) is 4.65. The molecule has 0 N–H and O–H groups in total. The molecule has 0 atom stereocenters. The number of aryl methyl sites for hydroxylation is 2. The Morgan fingerprint density at radius 3 is 2.58 bits per heavy atom. The van der Waals surface area contributed by atoms with Crippen LogP contribution < -0.4 is 15.0 Å². The summed E-state index contributed by atoms with van der Waals surface area (Å²) in [5.74, 6) is -0.169. The molecule has 0 saturated carbocycles. The molecule has 3 rings (SSSR count). The first-order valence-electron chi connectivity index (χ1n) is 9.63. The van der Waals surface area contributed by atoms with Crippen LogP contribution in [0.1, 0.15) is 28.5 Å². The zero-order valence-electron chi connectivity index (χ0n) is 17.7. The van der Waals surface area contributed by atoms with Crippen LogP contribution in [0.4, 0.5) is 8.78 Å². The van der Waals surface area contributed by atoms with Gasteiger partial charge in [0.05, 0.1) is 18.1 Å². The molecule has 0 saturated heterocycles. The Kier molecular flexibility index (Phi) is 6.53. The maximum absolute atomic E-state index is 12.9. The van der Waals surface area contributed by atoms with Gasteiger partial charge in [-0.25, -0.2) is 4.98 Å². The first kappa shape index (κ1) is 22.2. The van der Waals surface area contributed by atoms with E-state index < -0.39 is 6.61 Å². The fourth-order valence-corrected chi connectivity index (χ4v) is 3.39. The van der Waals surface area contributed by atoms with E-state index in [1.807, 2.05) is 6.92 Å². The van der Waals surface area contributed by atoms with E-state index in [1.165, 1.54) is 18.1 Å². The minimum absolute atomic E-state index is 0.0758. The van der Waals surface area contributed by atoms with Crippen LogP contribution >= 0.6 is 0 Å². The molecule has 3 aromatic rings. The van der Waals surface area contributed by atoms with Crippen molar-refractivity contribution in [3.63, 3.8) is 0 Å². The predicted molar refractivity (Wildman–Crippen MR) is 112 cm³/mol. The number of hydrogen-bond donors (Lipinski definition) is 0. The van der Waals surface area contributed by atoms with Crippen molar-refractivity contribution >= 4 is 16.9 Å². The Hall–Kier alpha value is -3.49.